The van der Waals surface area contributed by atoms with Crippen molar-refractivity contribution in [3.8, 4) is 6.07 Å². The predicted octanol–water partition coefficient (Wildman–Crippen LogP) is 4.13. The van der Waals surface area contributed by atoms with Gasteiger partial charge in [0.05, 0.1) is 6.20 Å². The summed E-state index contributed by atoms with van der Waals surface area (Å²) in [6.45, 7) is 1.51. The van der Waals surface area contributed by atoms with E-state index in [2.05, 4.69) is 73.5 Å². The lowest BCUT2D eigenvalue weighted by atomic mass is 9.48. The minimum absolute atomic E-state index is 0.304. The van der Waals surface area contributed by atoms with Gasteiger partial charge in [0.25, 0.3) is 0 Å². The molecule has 2 aromatic rings. The summed E-state index contributed by atoms with van der Waals surface area (Å²) in [7, 11) is 0. The number of aromatic nitrogens is 2. The van der Waals surface area contributed by atoms with E-state index in [4.69, 9.17) is 5.73 Å². The highest BCUT2D eigenvalue weighted by Gasteiger charge is 2.54. The molecule has 1 aromatic heterocycles. The number of anilines is 2. The number of nitriles is 1. The summed E-state index contributed by atoms with van der Waals surface area (Å²) in [5.41, 5.74) is 8.47. The van der Waals surface area contributed by atoms with Gasteiger partial charge in [-0.15, -0.1) is 0 Å². The molecule has 4 fully saturated rings. The Kier molecular flexibility index (Phi) is 5.31. The van der Waals surface area contributed by atoms with E-state index in [1.807, 2.05) is 0 Å². The number of rotatable bonds is 6. The third-order valence-corrected chi connectivity index (χ3v) is 8.10. The van der Waals surface area contributed by atoms with E-state index in [9.17, 15) is 5.26 Å². The van der Waals surface area contributed by atoms with Crippen molar-refractivity contribution in [1.29, 1.82) is 5.26 Å². The molecule has 0 spiro atoms. The molecule has 6 rings (SSSR count). The Hall–Kier alpha value is -1.92. The molecule has 0 aliphatic heterocycles. The molecule has 4 saturated carbocycles. The van der Waals surface area contributed by atoms with E-state index < -0.39 is 0 Å². The number of halogens is 1. The van der Waals surface area contributed by atoms with Gasteiger partial charge in [0.1, 0.15) is 17.5 Å². The fourth-order valence-electron chi connectivity index (χ4n) is 6.19. The first-order chi connectivity index (χ1) is 14.5. The van der Waals surface area contributed by atoms with Crippen LogP contribution in [0.3, 0.4) is 0 Å². The molecule has 4 bridgehead atoms. The average molecular weight is 514 g/mol. The zero-order chi connectivity index (χ0) is 20.7. The Morgan fingerprint density at radius 2 is 1.87 bits per heavy atom. The van der Waals surface area contributed by atoms with Crippen molar-refractivity contribution >= 4 is 34.4 Å². The zero-order valence-corrected chi connectivity index (χ0v) is 19.1. The van der Waals surface area contributed by atoms with E-state index in [-0.39, 0.29) is 0 Å². The topological polar surface area (TPSA) is 99.6 Å². The maximum absolute atomic E-state index is 9.53. The van der Waals surface area contributed by atoms with Crippen LogP contribution in [0.4, 0.5) is 11.8 Å². The zero-order valence-electron chi connectivity index (χ0n) is 16.9. The molecule has 30 heavy (non-hydrogen) atoms. The summed E-state index contributed by atoms with van der Waals surface area (Å²) in [6, 6.07) is 11.0. The first-order valence-electron chi connectivity index (χ1n) is 10.8. The summed E-state index contributed by atoms with van der Waals surface area (Å²) in [6.07, 6.45) is 7.93. The highest BCUT2D eigenvalue weighted by Crippen LogP contribution is 2.59. The molecule has 4 N–H and O–H groups in total. The highest BCUT2D eigenvalue weighted by molar-refractivity contribution is 14.1. The van der Waals surface area contributed by atoms with Gasteiger partial charge in [0.2, 0.25) is 5.95 Å². The van der Waals surface area contributed by atoms with E-state index in [0.29, 0.717) is 47.2 Å². The maximum atomic E-state index is 9.53. The van der Waals surface area contributed by atoms with Gasteiger partial charge in [0, 0.05) is 22.7 Å². The number of hydrogen-bond donors (Lipinski definition) is 3. The van der Waals surface area contributed by atoms with Crippen LogP contribution in [0.1, 0.15) is 43.2 Å². The van der Waals surface area contributed by atoms with Crippen molar-refractivity contribution in [3.63, 3.8) is 0 Å². The van der Waals surface area contributed by atoms with E-state index in [1.165, 1.54) is 41.2 Å². The second-order valence-corrected chi connectivity index (χ2v) is 10.7. The summed E-state index contributed by atoms with van der Waals surface area (Å²) >= 11 is 2.30. The van der Waals surface area contributed by atoms with Gasteiger partial charge < -0.3 is 16.4 Å². The molecular weight excluding hydrogens is 487 g/mol. The normalized spacial score (nSPS) is 31.4. The number of nitrogens with one attached hydrogen (secondary N) is 2. The standard InChI is InChI=1S/C23H27IN6/c24-19-3-1-14(2-4-19)11-27-22-28-12-18(10-25)21(30-22)29-13-23-7-15-5-16(8-23)20(26)17(6-15)9-23/h1-4,12,15-17,20H,5-9,11,13,26H2,(H2,27,28,29,30)/t15?,16-,17+,20?,23?. The largest absolute Gasteiger partial charge is 0.368 e. The Labute approximate surface area is 191 Å². The summed E-state index contributed by atoms with van der Waals surface area (Å²) in [5, 5.41) is 16.3. The molecule has 1 heterocycles. The fraction of sp³-hybridized carbons (Fsp3) is 0.522. The second kappa shape index (κ2) is 7.97. The Morgan fingerprint density at radius 1 is 1.13 bits per heavy atom. The van der Waals surface area contributed by atoms with Crippen molar-refractivity contribution in [1.82, 2.24) is 9.97 Å². The van der Waals surface area contributed by atoms with Crippen LogP contribution in [0.25, 0.3) is 0 Å². The molecule has 6 nitrogen and oxygen atoms in total. The molecule has 4 aliphatic rings. The molecule has 156 valence electrons. The fourth-order valence-corrected chi connectivity index (χ4v) is 6.55. The SMILES string of the molecule is N#Cc1cnc(NCc2ccc(I)cc2)nc1NCC12CC3C[C@H](C1)C(N)[C@@H](C3)C2. The lowest BCUT2D eigenvalue weighted by Crippen LogP contribution is -2.58. The van der Waals surface area contributed by atoms with E-state index >= 15 is 0 Å². The van der Waals surface area contributed by atoms with Crippen molar-refractivity contribution in [3.05, 3.63) is 45.2 Å². The maximum Gasteiger partial charge on any atom is 0.224 e. The molecular formula is C23H27IN6. The average Bonchev–Trinajstić information content (AvgIpc) is 2.75. The van der Waals surface area contributed by atoms with Gasteiger partial charge in [0.15, 0.2) is 0 Å². The predicted molar refractivity (Wildman–Crippen MR) is 126 cm³/mol. The van der Waals surface area contributed by atoms with Crippen molar-refractivity contribution in [2.45, 2.75) is 44.7 Å². The van der Waals surface area contributed by atoms with Crippen LogP contribution in [0, 0.1) is 38.1 Å². The Bertz CT molecular complexity index is 953. The molecule has 1 aromatic carbocycles. The summed E-state index contributed by atoms with van der Waals surface area (Å²) in [5.74, 6) is 3.35. The van der Waals surface area contributed by atoms with Crippen LogP contribution in [0.2, 0.25) is 0 Å². The van der Waals surface area contributed by atoms with Crippen LogP contribution in [0.15, 0.2) is 30.5 Å². The lowest BCUT2D eigenvalue weighted by molar-refractivity contribution is -0.0591. The summed E-state index contributed by atoms with van der Waals surface area (Å²) in [4.78, 5) is 8.95. The third kappa shape index (κ3) is 3.87. The van der Waals surface area contributed by atoms with E-state index in [0.717, 1.165) is 12.5 Å². The van der Waals surface area contributed by atoms with Crippen molar-refractivity contribution in [2.75, 3.05) is 17.2 Å². The highest BCUT2D eigenvalue weighted by atomic mass is 127. The smallest absolute Gasteiger partial charge is 0.224 e. The van der Waals surface area contributed by atoms with Crippen molar-refractivity contribution < 1.29 is 0 Å². The first kappa shape index (κ1) is 20.0. The van der Waals surface area contributed by atoms with Gasteiger partial charge in [-0.3, -0.25) is 0 Å². The van der Waals surface area contributed by atoms with Gasteiger partial charge in [-0.2, -0.15) is 10.2 Å². The molecule has 0 radical (unpaired) electrons. The second-order valence-electron chi connectivity index (χ2n) is 9.45. The van der Waals surface area contributed by atoms with Gasteiger partial charge >= 0.3 is 0 Å². The number of nitrogens with two attached hydrogens (primary N) is 1. The quantitative estimate of drug-likeness (QED) is 0.502. The van der Waals surface area contributed by atoms with E-state index in [1.54, 1.807) is 6.20 Å². The summed E-state index contributed by atoms with van der Waals surface area (Å²) < 4.78 is 1.21. The molecule has 4 aliphatic carbocycles. The monoisotopic (exact) mass is 514 g/mol. The van der Waals surface area contributed by atoms with Gasteiger partial charge in [-0.1, -0.05) is 12.1 Å². The number of benzene rings is 1. The minimum atomic E-state index is 0.304. The van der Waals surface area contributed by atoms with Gasteiger partial charge in [-0.05, 0) is 95.6 Å². The van der Waals surface area contributed by atoms with Crippen LogP contribution >= 0.6 is 22.6 Å². The van der Waals surface area contributed by atoms with Crippen LogP contribution in [0.5, 0.6) is 0 Å². The van der Waals surface area contributed by atoms with Crippen molar-refractivity contribution in [2.24, 2.45) is 28.9 Å². The molecule has 0 saturated heterocycles. The molecule has 7 heteroatoms. The Balaban J connectivity index is 1.28. The molecule has 5 atom stereocenters. The van der Waals surface area contributed by atoms with Crippen LogP contribution in [-0.4, -0.2) is 22.6 Å². The Morgan fingerprint density at radius 3 is 2.57 bits per heavy atom. The minimum Gasteiger partial charge on any atom is -0.368 e. The molecule has 3 unspecified atom stereocenters. The lowest BCUT2D eigenvalue weighted by Gasteiger charge is -2.59. The van der Waals surface area contributed by atoms with Crippen LogP contribution in [-0.2, 0) is 6.54 Å². The number of nitrogens with zero attached hydrogens (tertiary/aromatic N) is 3. The van der Waals surface area contributed by atoms with Crippen LogP contribution < -0.4 is 16.4 Å². The van der Waals surface area contributed by atoms with Gasteiger partial charge in [-0.25, -0.2) is 4.98 Å². The molecule has 0 amide bonds. The number of hydrogen-bond acceptors (Lipinski definition) is 6. The third-order valence-electron chi connectivity index (χ3n) is 7.38. The first-order valence-corrected chi connectivity index (χ1v) is 11.9.